The lowest BCUT2D eigenvalue weighted by Gasteiger charge is -2.20. The third-order valence-electron chi connectivity index (χ3n) is 6.02. The Morgan fingerprint density at radius 2 is 1.75 bits per heavy atom. The van der Waals surface area contributed by atoms with Crippen LogP contribution in [0.15, 0.2) is 47.7 Å². The van der Waals surface area contributed by atoms with Crippen LogP contribution < -0.4 is 21.5 Å². The molecule has 36 heavy (non-hydrogen) atoms. The van der Waals surface area contributed by atoms with Crippen molar-refractivity contribution in [1.82, 2.24) is 14.1 Å². The molecule has 3 aromatic heterocycles. The first-order chi connectivity index (χ1) is 16.9. The van der Waals surface area contributed by atoms with Gasteiger partial charge in [-0.25, -0.2) is 14.2 Å². The van der Waals surface area contributed by atoms with Gasteiger partial charge < -0.3 is 25.1 Å². The minimum atomic E-state index is -0.660. The Hall–Kier alpha value is -3.85. The van der Waals surface area contributed by atoms with Crippen molar-refractivity contribution in [2.75, 3.05) is 23.0 Å². The number of nitrogens with zero attached hydrogens (tertiary/aromatic N) is 3. The summed E-state index contributed by atoms with van der Waals surface area (Å²) in [5.74, 6) is 0.0151. The molecule has 0 unspecified atom stereocenters. The van der Waals surface area contributed by atoms with E-state index in [-0.39, 0.29) is 16.8 Å². The smallest absolute Gasteiger partial charge is 0.323 e. The fraction of sp³-hybridized carbons (Fsp3) is 0.269. The Morgan fingerprint density at radius 1 is 1.06 bits per heavy atom. The van der Waals surface area contributed by atoms with Crippen molar-refractivity contribution in [3.8, 4) is 11.1 Å². The third-order valence-corrected chi connectivity index (χ3v) is 6.32. The lowest BCUT2D eigenvalue weighted by Crippen LogP contribution is -2.22. The second-order valence-electron chi connectivity index (χ2n) is 9.62. The molecule has 0 radical (unpaired) electrons. The van der Waals surface area contributed by atoms with Crippen molar-refractivity contribution in [2.24, 2.45) is 7.05 Å². The first-order valence-electron chi connectivity index (χ1n) is 11.3. The number of pyridine rings is 2. The van der Waals surface area contributed by atoms with E-state index in [0.717, 1.165) is 5.39 Å². The van der Waals surface area contributed by atoms with Gasteiger partial charge in [-0.1, -0.05) is 11.6 Å². The second-order valence-corrected chi connectivity index (χ2v) is 10.0. The summed E-state index contributed by atoms with van der Waals surface area (Å²) in [5.41, 5.74) is 1.99. The highest BCUT2D eigenvalue weighted by Gasteiger charge is 2.19. The fourth-order valence-corrected chi connectivity index (χ4v) is 4.14. The van der Waals surface area contributed by atoms with Crippen LogP contribution in [0.4, 0.5) is 26.4 Å². The normalized spacial score (nSPS) is 11.6. The number of hydrogen-bond acceptors (Lipinski definition) is 4. The molecule has 3 heterocycles. The summed E-state index contributed by atoms with van der Waals surface area (Å²) in [6.07, 6.45) is 5.10. The van der Waals surface area contributed by atoms with Gasteiger partial charge in [0.1, 0.15) is 11.6 Å². The predicted molar refractivity (Wildman–Crippen MR) is 144 cm³/mol. The second kappa shape index (κ2) is 9.31. The van der Waals surface area contributed by atoms with Gasteiger partial charge in [-0.2, -0.15) is 0 Å². The van der Waals surface area contributed by atoms with E-state index in [1.165, 1.54) is 16.7 Å². The maximum atomic E-state index is 14.8. The lowest BCUT2D eigenvalue weighted by molar-refractivity contribution is 0.262. The van der Waals surface area contributed by atoms with Crippen molar-refractivity contribution in [1.29, 1.82) is 0 Å². The highest BCUT2D eigenvalue weighted by Crippen LogP contribution is 2.30. The van der Waals surface area contributed by atoms with Gasteiger partial charge in [-0.3, -0.25) is 4.79 Å². The van der Waals surface area contributed by atoms with Crippen LogP contribution in [0.3, 0.4) is 0 Å². The molecule has 0 bridgehead atoms. The highest BCUT2D eigenvalue weighted by atomic mass is 35.5. The number of halogens is 2. The van der Waals surface area contributed by atoms with Crippen molar-refractivity contribution in [2.45, 2.75) is 33.2 Å². The third kappa shape index (κ3) is 4.79. The molecule has 0 saturated carbocycles. The molecule has 0 aliphatic carbocycles. The predicted octanol–water partition coefficient (Wildman–Crippen LogP) is 5.94. The van der Waals surface area contributed by atoms with E-state index in [9.17, 15) is 14.0 Å². The number of hydrogen-bond donors (Lipinski definition) is 3. The van der Waals surface area contributed by atoms with E-state index < -0.39 is 11.8 Å². The molecule has 4 rings (SSSR count). The molecule has 0 aliphatic rings. The maximum Gasteiger partial charge on any atom is 0.323 e. The van der Waals surface area contributed by atoms with Gasteiger partial charge in [-0.15, -0.1) is 0 Å². The average molecular weight is 511 g/mol. The number of fused-ring (bicyclic) bond motifs is 1. The number of rotatable bonds is 4. The maximum absolute atomic E-state index is 14.8. The SMILES string of the molecule is CNc1cc2c(cn1)cc(-c1cc(NC(=O)Nc3cn(C(C)(C)C)cc3Cl)c(F)cc1C)c(=O)n2C. The molecule has 0 spiro atoms. The summed E-state index contributed by atoms with van der Waals surface area (Å²) in [7, 11) is 3.42. The number of aromatic nitrogens is 3. The number of aryl methyl sites for hydroxylation is 2. The van der Waals surface area contributed by atoms with Crippen molar-refractivity contribution in [3.63, 3.8) is 0 Å². The quantitative estimate of drug-likeness (QED) is 0.316. The molecule has 3 N–H and O–H groups in total. The molecular formula is C26H28ClFN6O2. The van der Waals surface area contributed by atoms with E-state index in [2.05, 4.69) is 20.9 Å². The van der Waals surface area contributed by atoms with E-state index in [0.29, 0.717) is 38.7 Å². The zero-order valence-electron chi connectivity index (χ0n) is 21.0. The number of carbonyl (C=O) groups is 1. The van der Waals surface area contributed by atoms with E-state index in [1.54, 1.807) is 51.7 Å². The van der Waals surface area contributed by atoms with Gasteiger partial charge in [0.2, 0.25) is 0 Å². The van der Waals surface area contributed by atoms with Gasteiger partial charge >= 0.3 is 6.03 Å². The Bertz CT molecular complexity index is 1550. The fourth-order valence-electron chi connectivity index (χ4n) is 3.94. The van der Waals surface area contributed by atoms with E-state index in [1.807, 2.05) is 25.3 Å². The summed E-state index contributed by atoms with van der Waals surface area (Å²) in [6, 6.07) is 5.60. The Balaban J connectivity index is 1.69. The number of urea groups is 1. The number of anilines is 3. The molecular weight excluding hydrogens is 483 g/mol. The first-order valence-corrected chi connectivity index (χ1v) is 11.7. The van der Waals surface area contributed by atoms with Crippen molar-refractivity contribution in [3.05, 3.63) is 69.6 Å². The Labute approximate surface area is 213 Å². The number of benzene rings is 1. The zero-order chi connectivity index (χ0) is 26.4. The molecule has 0 aliphatic heterocycles. The van der Waals surface area contributed by atoms with E-state index in [4.69, 9.17) is 11.6 Å². The summed E-state index contributed by atoms with van der Waals surface area (Å²) < 4.78 is 18.2. The minimum absolute atomic E-state index is 0.0646. The average Bonchev–Trinajstić information content (AvgIpc) is 3.18. The molecule has 0 saturated heterocycles. The first kappa shape index (κ1) is 25.2. The molecule has 2 amide bonds. The summed E-state index contributed by atoms with van der Waals surface area (Å²) in [4.78, 5) is 30.2. The van der Waals surface area contributed by atoms with Crippen LogP contribution in [0.25, 0.3) is 22.0 Å². The van der Waals surface area contributed by atoms with Crippen LogP contribution in [-0.4, -0.2) is 27.2 Å². The number of carbonyl (C=O) groups excluding carboxylic acids is 1. The Kier molecular flexibility index (Phi) is 6.53. The molecule has 4 aromatic rings. The van der Waals surface area contributed by atoms with Crippen LogP contribution in [0, 0.1) is 12.7 Å². The highest BCUT2D eigenvalue weighted by molar-refractivity contribution is 6.33. The summed E-state index contributed by atoms with van der Waals surface area (Å²) in [5, 5.41) is 9.26. The summed E-state index contributed by atoms with van der Waals surface area (Å²) in [6.45, 7) is 7.72. The van der Waals surface area contributed by atoms with Gasteiger partial charge in [0.05, 0.1) is 21.9 Å². The van der Waals surface area contributed by atoms with Crippen molar-refractivity contribution < 1.29 is 9.18 Å². The monoisotopic (exact) mass is 510 g/mol. The van der Waals surface area contributed by atoms with Gasteiger partial charge in [0.15, 0.2) is 0 Å². The minimum Gasteiger partial charge on any atom is -0.373 e. The van der Waals surface area contributed by atoms with Gasteiger partial charge in [0, 0.05) is 55.2 Å². The molecule has 10 heteroatoms. The Morgan fingerprint density at radius 3 is 2.39 bits per heavy atom. The number of amides is 2. The molecule has 1 aromatic carbocycles. The van der Waals surface area contributed by atoms with Crippen LogP contribution >= 0.6 is 11.6 Å². The molecule has 188 valence electrons. The van der Waals surface area contributed by atoms with Crippen LogP contribution in [0.5, 0.6) is 0 Å². The van der Waals surface area contributed by atoms with Crippen molar-refractivity contribution >= 4 is 45.7 Å². The summed E-state index contributed by atoms with van der Waals surface area (Å²) >= 11 is 6.27. The lowest BCUT2D eigenvalue weighted by atomic mass is 9.99. The van der Waals surface area contributed by atoms with E-state index >= 15 is 0 Å². The van der Waals surface area contributed by atoms with Gasteiger partial charge in [0.25, 0.3) is 5.56 Å². The molecule has 0 fully saturated rings. The van der Waals surface area contributed by atoms with Gasteiger partial charge in [-0.05, 0) is 57.0 Å². The van der Waals surface area contributed by atoms with Crippen LogP contribution in [0.1, 0.15) is 26.3 Å². The zero-order valence-corrected chi connectivity index (χ0v) is 21.7. The molecule has 0 atom stereocenters. The van der Waals surface area contributed by atoms with Crippen LogP contribution in [0.2, 0.25) is 5.02 Å². The topological polar surface area (TPSA) is 93.0 Å². The van der Waals surface area contributed by atoms with Crippen LogP contribution in [-0.2, 0) is 12.6 Å². The molecule has 8 nitrogen and oxygen atoms in total. The number of nitrogens with one attached hydrogen (secondary N) is 3. The standard InChI is InChI=1S/C26H28ClFN6O2/c1-14-7-19(28)20(31-25(36)32-21-13-34(12-18(21)27)26(2,3)4)9-16(14)17-8-15-11-30-23(29-5)10-22(15)33(6)24(17)35/h7-13H,1-6H3,(H,29,30)(H2,31,32,36). The largest absolute Gasteiger partial charge is 0.373 e.